The van der Waals surface area contributed by atoms with Gasteiger partial charge in [0, 0.05) is 33.6 Å². The zero-order valence-corrected chi connectivity index (χ0v) is 81.9. The summed E-state index contributed by atoms with van der Waals surface area (Å²) in [6, 6.07) is -6.92. The van der Waals surface area contributed by atoms with Crippen molar-refractivity contribution in [2.45, 2.75) is 491 Å². The third kappa shape index (κ3) is 34.3. The van der Waals surface area contributed by atoms with Crippen molar-refractivity contribution in [1.29, 1.82) is 0 Å². The molecule has 28 N–H and O–H groups in total. The molecule has 8 fully saturated rings. The van der Waals surface area contributed by atoms with Gasteiger partial charge in [-0.25, -0.2) is 4.79 Å². The lowest BCUT2D eigenvalue weighted by molar-refractivity contribution is -0.398. The van der Waals surface area contributed by atoms with Crippen LogP contribution in [0.15, 0.2) is 12.2 Å². The smallest absolute Gasteiger partial charge is 0.364 e. The zero-order valence-electron chi connectivity index (χ0n) is 81.9. The third-order valence-electron chi connectivity index (χ3n) is 27.3. The predicted octanol–water partition coefficient (Wildman–Crippen LogP) is -6.40. The summed E-state index contributed by atoms with van der Waals surface area (Å²) in [7, 11) is 0. The van der Waals surface area contributed by atoms with Gasteiger partial charge in [0.1, 0.15) is 183 Å². The highest BCUT2D eigenvalue weighted by atomic mass is 16.8. The molecule has 43 atom stereocenters. The van der Waals surface area contributed by atoms with E-state index in [0.29, 0.717) is 12.8 Å². The number of allylic oxidation sites excluding steroid dienone is 1. The Morgan fingerprint density at radius 2 is 0.746 bits per heavy atom. The Kier molecular flexibility index (Phi) is 53.4. The molecule has 0 unspecified atom stereocenters. The Bertz CT molecular complexity index is 3620. The monoisotopic (exact) mass is 2060 g/mol. The van der Waals surface area contributed by atoms with Crippen molar-refractivity contribution in [3.8, 4) is 0 Å². The Morgan fingerprint density at radius 3 is 1.20 bits per heavy atom. The van der Waals surface area contributed by atoms with E-state index in [2.05, 4.69) is 35.1 Å². The Balaban J connectivity index is 0.989. The van der Waals surface area contributed by atoms with Crippen molar-refractivity contribution in [1.82, 2.24) is 21.3 Å². The second kappa shape index (κ2) is 61.7. The molecule has 826 valence electrons. The first kappa shape index (κ1) is 123. The van der Waals surface area contributed by atoms with Crippen molar-refractivity contribution in [2.75, 3.05) is 52.9 Å². The largest absolute Gasteiger partial charge is 0.477 e. The second-order valence-electron chi connectivity index (χ2n) is 38.4. The van der Waals surface area contributed by atoms with Crippen LogP contribution in [0.5, 0.6) is 0 Å². The molecule has 0 radical (unpaired) electrons. The van der Waals surface area contributed by atoms with Crippen LogP contribution in [0, 0.1) is 0 Å². The summed E-state index contributed by atoms with van der Waals surface area (Å²) < 4.78 is 96.6. The molecule has 49 heteroatoms. The molecule has 8 aliphatic rings. The molecular weight excluding hydrogens is 1890 g/mol. The summed E-state index contributed by atoms with van der Waals surface area (Å²) in [6.45, 7) is -0.219. The van der Waals surface area contributed by atoms with Crippen LogP contribution < -0.4 is 21.3 Å². The molecule has 49 nitrogen and oxygen atoms in total. The van der Waals surface area contributed by atoms with Gasteiger partial charge < -0.3 is 220 Å². The molecule has 0 aromatic heterocycles. The molecule has 8 heterocycles. The lowest BCUT2D eigenvalue weighted by Gasteiger charge is -2.52. The number of ether oxygens (including phenoxy) is 16. The molecule has 0 aromatic carbocycles. The van der Waals surface area contributed by atoms with E-state index < -0.39 is 346 Å². The van der Waals surface area contributed by atoms with Crippen LogP contribution in [0.4, 0.5) is 0 Å². The quantitative estimate of drug-likeness (QED) is 0.0199. The number of carbonyl (C=O) groups is 5. The van der Waals surface area contributed by atoms with E-state index in [-0.39, 0.29) is 12.3 Å². The molecule has 0 aliphatic carbocycles. The van der Waals surface area contributed by atoms with Gasteiger partial charge >= 0.3 is 5.97 Å². The molecule has 142 heavy (non-hydrogen) atoms. The number of carbonyl (C=O) groups excluding carboxylic acids is 4. The topological polar surface area (TPSA) is 767 Å². The number of unbranched alkanes of at least 4 members (excludes halogenated alkanes) is 25. The number of amides is 4. The Labute approximate surface area is 825 Å². The zero-order chi connectivity index (χ0) is 104. The normalized spacial score (nSPS) is 38.8. The molecule has 8 aliphatic heterocycles. The van der Waals surface area contributed by atoms with Gasteiger partial charge in [-0.05, 0) is 26.2 Å². The summed E-state index contributed by atoms with van der Waals surface area (Å²) in [5, 5.41) is 283. The van der Waals surface area contributed by atoms with Crippen LogP contribution in [-0.4, -0.2) is 468 Å². The average molecular weight is 2060 g/mol. The number of carboxylic acid groups (broad SMARTS) is 1. The summed E-state index contributed by atoms with van der Waals surface area (Å²) >= 11 is 0. The highest BCUT2D eigenvalue weighted by Gasteiger charge is 2.64. The molecule has 0 saturated carbocycles. The van der Waals surface area contributed by atoms with E-state index in [0.717, 1.165) is 85.0 Å². The maximum absolute atomic E-state index is 13.7. The summed E-state index contributed by atoms with van der Waals surface area (Å²) in [6.07, 6.45) is -47.5. The van der Waals surface area contributed by atoms with E-state index in [1.54, 1.807) is 6.08 Å². The highest BCUT2D eigenvalue weighted by Crippen LogP contribution is 2.43. The lowest BCUT2D eigenvalue weighted by atomic mass is 9.88. The van der Waals surface area contributed by atoms with E-state index in [9.17, 15) is 147 Å². The number of aliphatic carboxylic acids is 1. The van der Waals surface area contributed by atoms with Crippen molar-refractivity contribution in [3.63, 3.8) is 0 Å². The molecular formula is C93H164N4O45. The van der Waals surface area contributed by atoms with Crippen molar-refractivity contribution < 1.29 is 222 Å². The molecule has 0 spiro atoms. The van der Waals surface area contributed by atoms with Crippen LogP contribution >= 0.6 is 0 Å². The number of aliphatic hydroxyl groups excluding tert-OH is 23. The molecule has 8 saturated heterocycles. The number of hydrogen-bond donors (Lipinski definition) is 28. The number of hydrogen-bond acceptors (Lipinski definition) is 44. The second-order valence-corrected chi connectivity index (χ2v) is 38.4. The number of carboxylic acids is 1. The van der Waals surface area contributed by atoms with Gasteiger partial charge in [-0.1, -0.05) is 180 Å². The van der Waals surface area contributed by atoms with Gasteiger partial charge in [0.2, 0.25) is 23.6 Å². The molecule has 0 bridgehead atoms. The number of rotatable bonds is 61. The van der Waals surface area contributed by atoms with Gasteiger partial charge in [0.05, 0.1) is 83.3 Å². The minimum atomic E-state index is -3.28. The number of aliphatic hydroxyl groups is 23. The lowest BCUT2D eigenvalue weighted by Crippen LogP contribution is -2.72. The van der Waals surface area contributed by atoms with Crippen LogP contribution in [0.2, 0.25) is 0 Å². The van der Waals surface area contributed by atoms with Gasteiger partial charge in [-0.3, -0.25) is 19.2 Å². The predicted molar refractivity (Wildman–Crippen MR) is 486 cm³/mol. The van der Waals surface area contributed by atoms with Gasteiger partial charge in [-0.15, -0.1) is 0 Å². The van der Waals surface area contributed by atoms with Gasteiger partial charge in [-0.2, -0.15) is 0 Å². The van der Waals surface area contributed by atoms with Crippen LogP contribution in [-0.2, 0) is 99.8 Å². The van der Waals surface area contributed by atoms with Gasteiger partial charge in [0.15, 0.2) is 44.0 Å². The summed E-state index contributed by atoms with van der Waals surface area (Å²) in [4.78, 5) is 66.1. The maximum Gasteiger partial charge on any atom is 0.364 e. The molecule has 0 aromatic rings. The van der Waals surface area contributed by atoms with Crippen molar-refractivity contribution >= 4 is 29.6 Å². The minimum absolute atomic E-state index is 0.130. The van der Waals surface area contributed by atoms with E-state index in [1.165, 1.54) is 103 Å². The summed E-state index contributed by atoms with van der Waals surface area (Å²) in [5.41, 5.74) is 0. The highest BCUT2D eigenvalue weighted by molar-refractivity contribution is 5.77. The van der Waals surface area contributed by atoms with Crippen LogP contribution in [0.25, 0.3) is 0 Å². The van der Waals surface area contributed by atoms with Gasteiger partial charge in [0.25, 0.3) is 5.79 Å². The standard InChI is InChI=1S/C93H164N4O45/c1-7-9-11-13-15-17-19-21-22-24-26-28-30-32-34-36-60(111)97-50(51(108)35-33-31-29-27-25-23-20-18-16-14-12-10-8-2)45-127-87-73(121)71(119)78(58(43-103)134-87)136-89-74(122)83(67(115)54(39-99)129-89)140-86-63(96-49(6)107)81(138-88-72(120)70(118)64(112)46(3)128-88)79(59(44-104)133-86)137-90-75(123)82(66(114)55(40-100)130-90)139-85-62(95-48(5)106)69(117)77(57(42-102)132-85)135-91-76(124)84(68(116)56(41-101)131-91)142-93(92(125)126)37-52(109)61(94-47(4)105)80(141-93)65(113)53(110)38-98/h33,35,46,50-59,61-91,98-104,108-110,112-124H,7-32,34,36-45H2,1-6H3,(H,94,105)(H,95,106)(H,96,107)(H,97,111)(H,125,126)/b35-33+/t46-,50-,51+,52-,53+,54+,55+,56+,57+,58+,59+,61+,62+,63+,64+,65+,66-,67-,68-,69+,70+,71+,72-,73+,74+,75+,76+,77+,78+,79+,80+,81+,82-,83-,84-,85-,86-,87+,88-,89-,90-,91-,93-/m0/s1. The average Bonchev–Trinajstić information content (AvgIpc) is 0.757. The Hall–Kier alpha value is -4.47. The number of nitrogens with one attached hydrogen (secondary N) is 4. The Morgan fingerprint density at radius 1 is 0.380 bits per heavy atom. The minimum Gasteiger partial charge on any atom is -0.477 e. The van der Waals surface area contributed by atoms with E-state index >= 15 is 0 Å². The van der Waals surface area contributed by atoms with E-state index in [4.69, 9.17) is 75.8 Å². The maximum atomic E-state index is 13.7. The summed E-state index contributed by atoms with van der Waals surface area (Å²) in [5.74, 6) is -8.64. The fourth-order valence-corrected chi connectivity index (χ4v) is 19.1. The third-order valence-corrected chi connectivity index (χ3v) is 27.3. The van der Waals surface area contributed by atoms with Crippen LogP contribution in [0.1, 0.15) is 228 Å². The molecule has 4 amide bonds. The first-order valence-corrected chi connectivity index (χ1v) is 50.5. The van der Waals surface area contributed by atoms with Crippen molar-refractivity contribution in [2.24, 2.45) is 0 Å². The fourth-order valence-electron chi connectivity index (χ4n) is 19.1. The SMILES string of the molecule is CCCCCCCCCCCCC/C=C/[C@@H](O)[C@H](CO[C@@H]1O[C@H](CO)[C@@H](O[C@@H]2O[C@H](CO)[C@H](O)[C@H](O[C@@H]3O[C@H](CO)[C@@H](O[C@@H]4O[C@H](CO)[C@H](O)[C@H](O[C@@H]5O[C@H](CO)[C@@H](O[C@@H]6O[C@H](CO)[C@H](O)[C@H](O[C@]7(C(=O)O)C[C@H](O)[C@@H](NC(C)=O)[C@H]([C@H](O)[C@H](O)CO)O7)[C@H]6O)[C@H](O)[C@H]5NC(C)=O)[C@H]4O)[C@H](O[C@@H]4O[C@@H](C)[C@@H](O)[C@@H](O)[C@@H]4O)[C@H]3NC(C)=O)[C@H]2O)[C@H](O)[C@H]1O)NC(=O)CCCCCCCCCCCCCCCCC. The first-order chi connectivity index (χ1) is 67.8. The first-order valence-electron chi connectivity index (χ1n) is 50.5. The fraction of sp³-hybridized carbons (Fsp3) is 0.925. The van der Waals surface area contributed by atoms with E-state index in [1.807, 2.05) is 6.08 Å². The van der Waals surface area contributed by atoms with Crippen LogP contribution in [0.3, 0.4) is 0 Å². The van der Waals surface area contributed by atoms with Crippen molar-refractivity contribution in [3.05, 3.63) is 12.2 Å². The molecule has 8 rings (SSSR count).